The third kappa shape index (κ3) is 3.95. The van der Waals surface area contributed by atoms with E-state index in [0.29, 0.717) is 0 Å². The maximum Gasteiger partial charge on any atom is 0.288 e. The molecule has 0 spiro atoms. The number of anilines is 1. The predicted molar refractivity (Wildman–Crippen MR) is 86.2 cm³/mol. The molecule has 0 saturated carbocycles. The molecule has 0 fully saturated rings. The topological polar surface area (TPSA) is 55.2 Å². The van der Waals surface area contributed by atoms with Crippen molar-refractivity contribution in [2.24, 2.45) is 0 Å². The van der Waals surface area contributed by atoms with Crippen LogP contribution in [-0.2, 0) is 6.42 Å². The van der Waals surface area contributed by atoms with Crippen molar-refractivity contribution in [1.29, 1.82) is 0 Å². The van der Waals surface area contributed by atoms with Crippen LogP contribution in [-0.4, -0.2) is 11.5 Å². The van der Waals surface area contributed by atoms with Gasteiger partial charge in [0.1, 0.15) is 5.02 Å². The summed E-state index contributed by atoms with van der Waals surface area (Å²) < 4.78 is 0. The van der Waals surface area contributed by atoms with Gasteiger partial charge in [-0.3, -0.25) is 10.1 Å². The number of benzene rings is 2. The molecule has 2 aromatic carbocycles. The molecule has 0 aromatic heterocycles. The molecule has 0 aliphatic heterocycles. The van der Waals surface area contributed by atoms with Gasteiger partial charge in [-0.2, -0.15) is 0 Å². The van der Waals surface area contributed by atoms with Gasteiger partial charge in [-0.25, -0.2) is 0 Å². The molecule has 4 nitrogen and oxygen atoms in total. The molecule has 0 saturated heterocycles. The Morgan fingerprint density at radius 2 is 2.00 bits per heavy atom. The molecular formula is C16H17ClN2O2. The maximum atomic E-state index is 10.8. The van der Waals surface area contributed by atoms with Gasteiger partial charge in [0.05, 0.1) is 4.92 Å². The highest BCUT2D eigenvalue weighted by Crippen LogP contribution is 2.30. The molecule has 0 bridgehead atoms. The van der Waals surface area contributed by atoms with Crippen molar-refractivity contribution in [3.63, 3.8) is 0 Å². The third-order valence-electron chi connectivity index (χ3n) is 3.30. The largest absolute Gasteiger partial charge is 0.384 e. The highest BCUT2D eigenvalue weighted by molar-refractivity contribution is 6.33. The Balaban J connectivity index is 2.04. The zero-order valence-corrected chi connectivity index (χ0v) is 12.8. The van der Waals surface area contributed by atoms with Crippen molar-refractivity contribution in [2.45, 2.75) is 20.3 Å². The molecule has 0 aliphatic rings. The van der Waals surface area contributed by atoms with E-state index in [-0.39, 0.29) is 10.7 Å². The van der Waals surface area contributed by atoms with Crippen LogP contribution < -0.4 is 5.32 Å². The van der Waals surface area contributed by atoms with E-state index in [0.717, 1.165) is 24.2 Å². The zero-order chi connectivity index (χ0) is 15.4. The molecule has 110 valence electrons. The lowest BCUT2D eigenvalue weighted by atomic mass is 10.1. The van der Waals surface area contributed by atoms with Gasteiger partial charge in [-0.15, -0.1) is 0 Å². The lowest BCUT2D eigenvalue weighted by molar-refractivity contribution is -0.384. The number of nitro groups is 1. The van der Waals surface area contributed by atoms with Gasteiger partial charge in [0.15, 0.2) is 0 Å². The Bertz CT molecular complexity index is 671. The monoisotopic (exact) mass is 304 g/mol. The second kappa shape index (κ2) is 6.59. The number of rotatable bonds is 5. The fourth-order valence-electron chi connectivity index (χ4n) is 2.21. The van der Waals surface area contributed by atoms with Crippen LogP contribution >= 0.6 is 11.6 Å². The van der Waals surface area contributed by atoms with Crippen LogP contribution in [0, 0.1) is 24.0 Å². The summed E-state index contributed by atoms with van der Waals surface area (Å²) in [6.07, 6.45) is 0.885. The van der Waals surface area contributed by atoms with Crippen LogP contribution in [0.15, 0.2) is 36.4 Å². The Hall–Kier alpha value is -2.07. The summed E-state index contributed by atoms with van der Waals surface area (Å²) in [5.74, 6) is 0. The van der Waals surface area contributed by atoms with E-state index in [1.165, 1.54) is 17.2 Å². The minimum atomic E-state index is -0.466. The maximum absolute atomic E-state index is 10.8. The van der Waals surface area contributed by atoms with Gasteiger partial charge in [-0.05, 0) is 37.5 Å². The van der Waals surface area contributed by atoms with E-state index in [4.69, 9.17) is 11.6 Å². The SMILES string of the molecule is Cc1cccc(CCNc2cc(Cl)c([N+](=O)[O-])cc2C)c1. The normalized spacial score (nSPS) is 10.4. The molecule has 1 N–H and O–H groups in total. The van der Waals surface area contributed by atoms with E-state index in [1.807, 2.05) is 13.0 Å². The Labute approximate surface area is 128 Å². The molecule has 0 radical (unpaired) electrons. The highest BCUT2D eigenvalue weighted by Gasteiger charge is 2.14. The summed E-state index contributed by atoms with van der Waals surface area (Å²) in [4.78, 5) is 10.4. The zero-order valence-electron chi connectivity index (χ0n) is 12.0. The van der Waals surface area contributed by atoms with Crippen LogP contribution in [0.2, 0.25) is 5.02 Å². The molecule has 5 heteroatoms. The number of aryl methyl sites for hydroxylation is 2. The van der Waals surface area contributed by atoms with Crippen molar-refractivity contribution in [3.05, 3.63) is 68.2 Å². The average molecular weight is 305 g/mol. The molecule has 0 heterocycles. The first-order valence-electron chi connectivity index (χ1n) is 6.71. The molecule has 0 amide bonds. The summed E-state index contributed by atoms with van der Waals surface area (Å²) >= 11 is 5.93. The van der Waals surface area contributed by atoms with Crippen LogP contribution in [0.25, 0.3) is 0 Å². The fraction of sp³-hybridized carbons (Fsp3) is 0.250. The first-order valence-corrected chi connectivity index (χ1v) is 7.09. The minimum Gasteiger partial charge on any atom is -0.384 e. The quantitative estimate of drug-likeness (QED) is 0.652. The van der Waals surface area contributed by atoms with Crippen LogP contribution in [0.5, 0.6) is 0 Å². The van der Waals surface area contributed by atoms with Gasteiger partial charge < -0.3 is 5.32 Å². The second-order valence-electron chi connectivity index (χ2n) is 5.04. The number of nitrogens with zero attached hydrogens (tertiary/aromatic N) is 1. The van der Waals surface area contributed by atoms with Crippen LogP contribution in [0.4, 0.5) is 11.4 Å². The van der Waals surface area contributed by atoms with Crippen LogP contribution in [0.3, 0.4) is 0 Å². The smallest absolute Gasteiger partial charge is 0.288 e. The molecule has 2 aromatic rings. The van der Waals surface area contributed by atoms with Gasteiger partial charge in [0, 0.05) is 18.3 Å². The summed E-state index contributed by atoms with van der Waals surface area (Å²) in [6, 6.07) is 11.5. The van der Waals surface area contributed by atoms with Gasteiger partial charge in [-0.1, -0.05) is 41.4 Å². The first kappa shape index (κ1) is 15.3. The Morgan fingerprint density at radius 1 is 1.24 bits per heavy atom. The summed E-state index contributed by atoms with van der Waals surface area (Å²) in [5.41, 5.74) is 4.09. The lowest BCUT2D eigenvalue weighted by Crippen LogP contribution is -2.06. The van der Waals surface area contributed by atoms with Crippen molar-refractivity contribution in [1.82, 2.24) is 0 Å². The molecule has 0 unspecified atom stereocenters. The van der Waals surface area contributed by atoms with E-state index in [1.54, 1.807) is 6.07 Å². The van der Waals surface area contributed by atoms with Crippen LogP contribution in [0.1, 0.15) is 16.7 Å². The standard InChI is InChI=1S/C16H17ClN2O2/c1-11-4-3-5-13(8-11)6-7-18-15-10-14(17)16(19(20)21)9-12(15)2/h3-5,8-10,18H,6-7H2,1-2H3. The van der Waals surface area contributed by atoms with Crippen molar-refractivity contribution < 1.29 is 4.92 Å². The number of nitro benzene ring substituents is 1. The van der Waals surface area contributed by atoms with E-state index < -0.39 is 4.92 Å². The second-order valence-corrected chi connectivity index (χ2v) is 5.45. The van der Waals surface area contributed by atoms with Gasteiger partial charge in [0.2, 0.25) is 0 Å². The molecule has 0 aliphatic carbocycles. The van der Waals surface area contributed by atoms with E-state index >= 15 is 0 Å². The number of halogens is 1. The van der Waals surface area contributed by atoms with Crippen molar-refractivity contribution in [3.8, 4) is 0 Å². The summed E-state index contributed by atoms with van der Waals surface area (Å²) in [7, 11) is 0. The number of hydrogen-bond acceptors (Lipinski definition) is 3. The average Bonchev–Trinajstić information content (AvgIpc) is 2.42. The van der Waals surface area contributed by atoms with Crippen molar-refractivity contribution in [2.75, 3.05) is 11.9 Å². The minimum absolute atomic E-state index is 0.0570. The lowest BCUT2D eigenvalue weighted by Gasteiger charge is -2.10. The van der Waals surface area contributed by atoms with Gasteiger partial charge >= 0.3 is 0 Å². The van der Waals surface area contributed by atoms with Gasteiger partial charge in [0.25, 0.3) is 5.69 Å². The fourth-order valence-corrected chi connectivity index (χ4v) is 2.44. The molecular weight excluding hydrogens is 288 g/mol. The predicted octanol–water partition coefficient (Wildman–Crippen LogP) is 4.52. The highest BCUT2D eigenvalue weighted by atomic mass is 35.5. The summed E-state index contributed by atoms with van der Waals surface area (Å²) in [6.45, 7) is 4.65. The van der Waals surface area contributed by atoms with Crippen molar-refractivity contribution >= 4 is 23.0 Å². The Kier molecular flexibility index (Phi) is 4.81. The Morgan fingerprint density at radius 3 is 2.67 bits per heavy atom. The molecule has 0 atom stereocenters. The number of nitrogens with one attached hydrogen (secondary N) is 1. The summed E-state index contributed by atoms with van der Waals surface area (Å²) in [5, 5.41) is 14.3. The third-order valence-corrected chi connectivity index (χ3v) is 3.60. The van der Waals surface area contributed by atoms with E-state index in [9.17, 15) is 10.1 Å². The number of hydrogen-bond donors (Lipinski definition) is 1. The van der Waals surface area contributed by atoms with E-state index in [2.05, 4.69) is 30.4 Å². The molecule has 21 heavy (non-hydrogen) atoms. The first-order chi connectivity index (χ1) is 9.97. The molecule has 2 rings (SSSR count).